The highest BCUT2D eigenvalue weighted by atomic mass is 15.5. The molecule has 0 spiro atoms. The molecule has 0 radical (unpaired) electrons. The van der Waals surface area contributed by atoms with E-state index in [2.05, 4.69) is 47.2 Å². The van der Waals surface area contributed by atoms with Crippen LogP contribution in [0.1, 0.15) is 22.5 Å². The SMILES string of the molecule is Cc1cc(C)nc(NC2=NCN(Cc3cccnc3)CN2Cc2cccnc2)n1. The van der Waals surface area contributed by atoms with Gasteiger partial charge in [-0.1, -0.05) is 12.1 Å². The molecule has 29 heavy (non-hydrogen) atoms. The number of anilines is 1. The molecular formula is C21H24N8. The molecule has 4 heterocycles. The predicted molar refractivity (Wildman–Crippen MR) is 112 cm³/mol. The van der Waals surface area contributed by atoms with Crippen molar-refractivity contribution < 1.29 is 0 Å². The van der Waals surface area contributed by atoms with E-state index in [1.807, 2.05) is 44.4 Å². The largest absolute Gasteiger partial charge is 0.325 e. The quantitative estimate of drug-likeness (QED) is 0.719. The molecule has 0 saturated heterocycles. The fourth-order valence-corrected chi connectivity index (χ4v) is 3.31. The molecular weight excluding hydrogens is 364 g/mol. The van der Waals surface area contributed by atoms with Crippen molar-refractivity contribution in [3.05, 3.63) is 77.6 Å². The van der Waals surface area contributed by atoms with E-state index < -0.39 is 0 Å². The fraction of sp³-hybridized carbons (Fsp3) is 0.286. The molecule has 8 heteroatoms. The molecule has 0 aliphatic carbocycles. The van der Waals surface area contributed by atoms with Crippen molar-refractivity contribution in [2.45, 2.75) is 26.9 Å². The first-order valence-electron chi connectivity index (χ1n) is 9.54. The second-order valence-electron chi connectivity index (χ2n) is 7.11. The average Bonchev–Trinajstić information content (AvgIpc) is 2.71. The van der Waals surface area contributed by atoms with Crippen molar-refractivity contribution in [2.24, 2.45) is 4.99 Å². The number of nitrogens with one attached hydrogen (secondary N) is 1. The van der Waals surface area contributed by atoms with E-state index in [-0.39, 0.29) is 0 Å². The van der Waals surface area contributed by atoms with Crippen LogP contribution in [0.2, 0.25) is 0 Å². The Kier molecular flexibility index (Phi) is 5.71. The molecule has 4 rings (SSSR count). The first-order valence-corrected chi connectivity index (χ1v) is 9.54. The molecule has 0 aromatic carbocycles. The molecule has 0 atom stereocenters. The van der Waals surface area contributed by atoms with E-state index >= 15 is 0 Å². The van der Waals surface area contributed by atoms with Gasteiger partial charge in [0.2, 0.25) is 11.9 Å². The number of aromatic nitrogens is 4. The standard InChI is InChI=1S/C21H24N8/c1-16-9-17(2)26-20(25-16)27-21-24-14-28(12-18-5-3-7-22-10-18)15-29(21)13-19-6-4-8-23-11-19/h3-11H,12-15H2,1-2H3,(H,24,25,26,27). The van der Waals surface area contributed by atoms with Crippen LogP contribution in [0.3, 0.4) is 0 Å². The summed E-state index contributed by atoms with van der Waals surface area (Å²) in [6.45, 7) is 6.71. The van der Waals surface area contributed by atoms with Crippen molar-refractivity contribution in [3.63, 3.8) is 0 Å². The lowest BCUT2D eigenvalue weighted by Crippen LogP contribution is -2.48. The molecule has 1 aliphatic heterocycles. The van der Waals surface area contributed by atoms with Crippen molar-refractivity contribution in [1.82, 2.24) is 29.7 Å². The van der Waals surface area contributed by atoms with Crippen molar-refractivity contribution >= 4 is 11.9 Å². The highest BCUT2D eigenvalue weighted by Gasteiger charge is 2.22. The van der Waals surface area contributed by atoms with Gasteiger partial charge in [0.25, 0.3) is 0 Å². The van der Waals surface area contributed by atoms with Gasteiger partial charge < -0.3 is 4.90 Å². The topological polar surface area (TPSA) is 82.4 Å². The zero-order chi connectivity index (χ0) is 20.1. The molecule has 1 aliphatic rings. The Morgan fingerprint density at radius 1 is 0.931 bits per heavy atom. The summed E-state index contributed by atoms with van der Waals surface area (Å²) in [5.74, 6) is 1.33. The second-order valence-corrected chi connectivity index (χ2v) is 7.11. The highest BCUT2D eigenvalue weighted by Crippen LogP contribution is 2.14. The second kappa shape index (κ2) is 8.74. The zero-order valence-electron chi connectivity index (χ0n) is 16.7. The number of hydrogen-bond acceptors (Lipinski definition) is 8. The number of guanidine groups is 1. The lowest BCUT2D eigenvalue weighted by Gasteiger charge is -2.36. The molecule has 8 nitrogen and oxygen atoms in total. The summed E-state index contributed by atoms with van der Waals surface area (Å²) >= 11 is 0. The monoisotopic (exact) mass is 388 g/mol. The van der Waals surface area contributed by atoms with E-state index in [1.54, 1.807) is 12.4 Å². The van der Waals surface area contributed by atoms with Gasteiger partial charge in [0.05, 0.1) is 13.3 Å². The van der Waals surface area contributed by atoms with E-state index in [1.165, 1.54) is 0 Å². The lowest BCUT2D eigenvalue weighted by atomic mass is 10.2. The smallest absolute Gasteiger partial charge is 0.229 e. The number of aliphatic imine (C=N–C) groups is 1. The molecule has 3 aromatic rings. The Labute approximate surface area is 170 Å². The van der Waals surface area contributed by atoms with Gasteiger partial charge in [-0.3, -0.25) is 20.2 Å². The Bertz CT molecular complexity index is 954. The third-order valence-electron chi connectivity index (χ3n) is 4.52. The van der Waals surface area contributed by atoms with Gasteiger partial charge in [-0.25, -0.2) is 15.0 Å². The van der Waals surface area contributed by atoms with Crippen LogP contribution in [0.25, 0.3) is 0 Å². The third-order valence-corrected chi connectivity index (χ3v) is 4.52. The number of hydrogen-bond donors (Lipinski definition) is 1. The third kappa shape index (κ3) is 5.11. The van der Waals surface area contributed by atoms with Gasteiger partial charge in [-0.15, -0.1) is 0 Å². The van der Waals surface area contributed by atoms with Crippen LogP contribution in [0, 0.1) is 13.8 Å². The minimum Gasteiger partial charge on any atom is -0.325 e. The minimum absolute atomic E-state index is 0.568. The lowest BCUT2D eigenvalue weighted by molar-refractivity contribution is 0.160. The maximum absolute atomic E-state index is 4.78. The van der Waals surface area contributed by atoms with Crippen molar-refractivity contribution in [2.75, 3.05) is 18.7 Å². The van der Waals surface area contributed by atoms with E-state index in [0.717, 1.165) is 41.7 Å². The van der Waals surface area contributed by atoms with Crippen LogP contribution >= 0.6 is 0 Å². The van der Waals surface area contributed by atoms with Gasteiger partial charge in [0.1, 0.15) is 0 Å². The summed E-state index contributed by atoms with van der Waals surface area (Å²) in [6, 6.07) is 10.0. The maximum atomic E-state index is 4.78. The van der Waals surface area contributed by atoms with E-state index in [4.69, 9.17) is 4.99 Å². The Morgan fingerprint density at radius 2 is 1.59 bits per heavy atom. The first-order chi connectivity index (χ1) is 14.2. The van der Waals surface area contributed by atoms with Crippen molar-refractivity contribution in [1.29, 1.82) is 0 Å². The predicted octanol–water partition coefficient (Wildman–Crippen LogP) is 2.58. The summed E-state index contributed by atoms with van der Waals surface area (Å²) in [4.78, 5) is 26.7. The molecule has 0 saturated carbocycles. The summed E-state index contributed by atoms with van der Waals surface area (Å²) in [6.07, 6.45) is 7.35. The number of rotatable bonds is 5. The van der Waals surface area contributed by atoms with Crippen LogP contribution in [-0.4, -0.2) is 49.0 Å². The zero-order valence-corrected chi connectivity index (χ0v) is 16.7. The molecule has 3 aromatic heterocycles. The van der Waals surface area contributed by atoms with Gasteiger partial charge >= 0.3 is 0 Å². The molecule has 0 bridgehead atoms. The number of aryl methyl sites for hydroxylation is 2. The highest BCUT2D eigenvalue weighted by molar-refractivity contribution is 5.92. The summed E-state index contributed by atoms with van der Waals surface area (Å²) in [5, 5.41) is 3.31. The summed E-state index contributed by atoms with van der Waals surface area (Å²) in [7, 11) is 0. The molecule has 0 unspecified atom stereocenters. The Morgan fingerprint density at radius 3 is 2.21 bits per heavy atom. The van der Waals surface area contributed by atoms with Gasteiger partial charge in [0.15, 0.2) is 0 Å². The maximum Gasteiger partial charge on any atom is 0.229 e. The molecule has 148 valence electrons. The van der Waals surface area contributed by atoms with Crippen LogP contribution in [0.4, 0.5) is 5.95 Å². The average molecular weight is 388 g/mol. The Balaban J connectivity index is 1.54. The van der Waals surface area contributed by atoms with Gasteiger partial charge in [-0.2, -0.15) is 0 Å². The number of pyridine rings is 2. The van der Waals surface area contributed by atoms with Crippen LogP contribution in [0.15, 0.2) is 60.1 Å². The van der Waals surface area contributed by atoms with E-state index in [0.29, 0.717) is 19.2 Å². The van der Waals surface area contributed by atoms with Crippen LogP contribution in [-0.2, 0) is 13.1 Å². The first kappa shape index (κ1) is 18.9. The molecule has 0 amide bonds. The summed E-state index contributed by atoms with van der Waals surface area (Å²) < 4.78 is 0. The van der Waals surface area contributed by atoms with Crippen LogP contribution < -0.4 is 5.32 Å². The van der Waals surface area contributed by atoms with E-state index in [9.17, 15) is 0 Å². The fourth-order valence-electron chi connectivity index (χ4n) is 3.31. The normalized spacial score (nSPS) is 14.6. The number of nitrogens with zero attached hydrogens (tertiary/aromatic N) is 7. The minimum atomic E-state index is 0.568. The molecule has 0 fully saturated rings. The van der Waals surface area contributed by atoms with Gasteiger partial charge in [0, 0.05) is 49.3 Å². The van der Waals surface area contributed by atoms with Gasteiger partial charge in [-0.05, 0) is 43.2 Å². The molecule has 1 N–H and O–H groups in total. The van der Waals surface area contributed by atoms with Crippen molar-refractivity contribution in [3.8, 4) is 0 Å². The van der Waals surface area contributed by atoms with Crippen LogP contribution in [0.5, 0.6) is 0 Å². The summed E-state index contributed by atoms with van der Waals surface area (Å²) in [5.41, 5.74) is 4.13. The Hall–Kier alpha value is -3.39.